The number of halogens is 1. The Labute approximate surface area is 122 Å². The van der Waals surface area contributed by atoms with Crippen molar-refractivity contribution in [1.29, 1.82) is 5.26 Å². The highest BCUT2D eigenvalue weighted by Crippen LogP contribution is 2.18. The molecule has 6 nitrogen and oxygen atoms in total. The molecule has 0 aromatic heterocycles. The van der Waals surface area contributed by atoms with Gasteiger partial charge in [0.05, 0.1) is 5.92 Å². The number of nitriles is 1. The number of hydrogen-bond donors (Lipinski definition) is 2. The maximum Gasteiger partial charge on any atom is 0.307 e. The number of aliphatic carboxylic acids is 1. The van der Waals surface area contributed by atoms with Gasteiger partial charge in [-0.1, -0.05) is 19.4 Å². The Balaban J connectivity index is 3.01. The van der Waals surface area contributed by atoms with Crippen molar-refractivity contribution < 1.29 is 22.7 Å². The van der Waals surface area contributed by atoms with E-state index in [-0.39, 0.29) is 6.54 Å². The van der Waals surface area contributed by atoms with E-state index in [1.807, 2.05) is 0 Å². The number of sulfonamides is 1. The predicted molar refractivity (Wildman–Crippen MR) is 72.3 cm³/mol. The van der Waals surface area contributed by atoms with Crippen LogP contribution in [0.1, 0.15) is 25.3 Å². The SMILES string of the molecule is CCCC(CNS(=O)(=O)c1cccc(F)c1C#N)C(=O)O. The Hall–Kier alpha value is -1.98. The van der Waals surface area contributed by atoms with Gasteiger partial charge in [0.2, 0.25) is 10.0 Å². The lowest BCUT2D eigenvalue weighted by molar-refractivity contribution is -0.141. The molecule has 0 bridgehead atoms. The first-order valence-corrected chi connectivity index (χ1v) is 7.72. The highest BCUT2D eigenvalue weighted by molar-refractivity contribution is 7.89. The predicted octanol–water partition coefficient (Wildman–Crippen LogP) is 1.48. The fourth-order valence-electron chi connectivity index (χ4n) is 1.79. The Kier molecular flexibility index (Phi) is 5.81. The van der Waals surface area contributed by atoms with Crippen molar-refractivity contribution in [3.63, 3.8) is 0 Å². The Morgan fingerprint density at radius 2 is 2.19 bits per heavy atom. The molecule has 0 saturated carbocycles. The molecule has 0 aliphatic rings. The second-order valence-corrected chi connectivity index (χ2v) is 6.14. The summed E-state index contributed by atoms with van der Waals surface area (Å²) in [5.74, 6) is -2.92. The van der Waals surface area contributed by atoms with E-state index < -0.39 is 38.2 Å². The van der Waals surface area contributed by atoms with Crippen LogP contribution in [-0.4, -0.2) is 26.0 Å². The van der Waals surface area contributed by atoms with Gasteiger partial charge in [-0.2, -0.15) is 5.26 Å². The number of carbonyl (C=O) groups is 1. The monoisotopic (exact) mass is 314 g/mol. The minimum Gasteiger partial charge on any atom is -0.481 e. The summed E-state index contributed by atoms with van der Waals surface area (Å²) < 4.78 is 39.7. The van der Waals surface area contributed by atoms with Crippen molar-refractivity contribution >= 4 is 16.0 Å². The van der Waals surface area contributed by atoms with E-state index in [1.54, 1.807) is 6.92 Å². The molecular formula is C13H15FN2O4S. The van der Waals surface area contributed by atoms with Crippen molar-refractivity contribution in [3.8, 4) is 6.07 Å². The van der Waals surface area contributed by atoms with Crippen LogP contribution in [0, 0.1) is 23.1 Å². The highest BCUT2D eigenvalue weighted by Gasteiger charge is 2.24. The van der Waals surface area contributed by atoms with Crippen LogP contribution >= 0.6 is 0 Å². The highest BCUT2D eigenvalue weighted by atomic mass is 32.2. The molecule has 0 radical (unpaired) electrons. The van der Waals surface area contributed by atoms with Gasteiger partial charge >= 0.3 is 5.97 Å². The summed E-state index contributed by atoms with van der Waals surface area (Å²) in [5.41, 5.74) is -0.590. The summed E-state index contributed by atoms with van der Waals surface area (Å²) in [6, 6.07) is 4.74. The second kappa shape index (κ2) is 7.15. The number of hydrogen-bond acceptors (Lipinski definition) is 4. The first-order valence-electron chi connectivity index (χ1n) is 6.24. The molecule has 21 heavy (non-hydrogen) atoms. The smallest absolute Gasteiger partial charge is 0.307 e. The minimum atomic E-state index is -4.15. The molecule has 1 aromatic rings. The zero-order chi connectivity index (χ0) is 16.0. The molecule has 0 spiro atoms. The summed E-state index contributed by atoms with van der Waals surface area (Å²) in [6.45, 7) is 1.47. The maximum absolute atomic E-state index is 13.4. The Morgan fingerprint density at radius 3 is 2.71 bits per heavy atom. The van der Waals surface area contributed by atoms with Crippen LogP contribution in [0.15, 0.2) is 23.1 Å². The zero-order valence-electron chi connectivity index (χ0n) is 11.3. The van der Waals surface area contributed by atoms with Crippen molar-refractivity contribution in [2.45, 2.75) is 24.7 Å². The van der Waals surface area contributed by atoms with Crippen molar-refractivity contribution in [2.24, 2.45) is 5.92 Å². The lowest BCUT2D eigenvalue weighted by Gasteiger charge is -2.13. The van der Waals surface area contributed by atoms with E-state index in [0.29, 0.717) is 12.8 Å². The molecule has 0 heterocycles. The van der Waals surface area contributed by atoms with Gasteiger partial charge < -0.3 is 5.11 Å². The van der Waals surface area contributed by atoms with Gasteiger partial charge in [0, 0.05) is 6.54 Å². The third-order valence-corrected chi connectivity index (χ3v) is 4.35. The molecule has 1 unspecified atom stereocenters. The van der Waals surface area contributed by atoms with Crippen LogP contribution in [0.3, 0.4) is 0 Å². The molecule has 1 rings (SSSR count). The molecule has 1 aromatic carbocycles. The molecule has 8 heteroatoms. The van der Waals surface area contributed by atoms with Crippen molar-refractivity contribution in [3.05, 3.63) is 29.6 Å². The molecule has 2 N–H and O–H groups in total. The van der Waals surface area contributed by atoms with E-state index >= 15 is 0 Å². The Bertz CT molecular complexity index is 667. The van der Waals surface area contributed by atoms with Crippen LogP contribution in [0.5, 0.6) is 0 Å². The maximum atomic E-state index is 13.4. The lowest BCUT2D eigenvalue weighted by Crippen LogP contribution is -2.33. The molecule has 1 atom stereocenters. The quantitative estimate of drug-likeness (QED) is 0.792. The lowest BCUT2D eigenvalue weighted by atomic mass is 10.1. The number of carboxylic acids is 1. The first kappa shape index (κ1) is 17.1. The molecule has 0 saturated heterocycles. The van der Waals surface area contributed by atoms with Gasteiger partial charge in [0.1, 0.15) is 22.3 Å². The number of nitrogens with one attached hydrogen (secondary N) is 1. The van der Waals surface area contributed by atoms with Gasteiger partial charge in [-0.05, 0) is 18.6 Å². The van der Waals surface area contributed by atoms with Gasteiger partial charge in [0.15, 0.2) is 0 Å². The van der Waals surface area contributed by atoms with Gasteiger partial charge in [0.25, 0.3) is 0 Å². The van der Waals surface area contributed by atoms with E-state index in [9.17, 15) is 17.6 Å². The number of rotatable bonds is 7. The normalized spacial score (nSPS) is 12.6. The van der Waals surface area contributed by atoms with E-state index in [1.165, 1.54) is 12.1 Å². The molecule has 0 aliphatic carbocycles. The average Bonchev–Trinajstić information content (AvgIpc) is 2.42. The molecule has 114 valence electrons. The topological polar surface area (TPSA) is 107 Å². The van der Waals surface area contributed by atoms with Crippen LogP contribution in [0.4, 0.5) is 4.39 Å². The summed E-state index contributed by atoms with van der Waals surface area (Å²) in [4.78, 5) is 10.5. The standard InChI is InChI=1S/C13H15FN2O4S/c1-2-4-9(13(17)18)8-16-21(19,20)12-6-3-5-11(14)10(12)7-15/h3,5-6,9,16H,2,4,8H2,1H3,(H,17,18). The molecule has 0 fully saturated rings. The van der Waals surface area contributed by atoms with Crippen LogP contribution < -0.4 is 4.72 Å². The third kappa shape index (κ3) is 4.24. The summed E-state index contributed by atoms with van der Waals surface area (Å²) in [7, 11) is -4.15. The fourth-order valence-corrected chi connectivity index (χ4v) is 3.03. The van der Waals surface area contributed by atoms with Crippen LogP contribution in [0.2, 0.25) is 0 Å². The van der Waals surface area contributed by atoms with Crippen molar-refractivity contribution in [1.82, 2.24) is 4.72 Å². The van der Waals surface area contributed by atoms with Gasteiger partial charge in [-0.15, -0.1) is 0 Å². The fraction of sp³-hybridized carbons (Fsp3) is 0.385. The molecule has 0 aliphatic heterocycles. The average molecular weight is 314 g/mol. The molecule has 0 amide bonds. The van der Waals surface area contributed by atoms with E-state index in [0.717, 1.165) is 12.1 Å². The van der Waals surface area contributed by atoms with Gasteiger partial charge in [-0.3, -0.25) is 4.79 Å². The Morgan fingerprint density at radius 1 is 1.52 bits per heavy atom. The van der Waals surface area contributed by atoms with E-state index in [2.05, 4.69) is 4.72 Å². The first-order chi connectivity index (χ1) is 9.83. The number of nitrogens with zero attached hydrogens (tertiary/aromatic N) is 1. The summed E-state index contributed by atoms with van der Waals surface area (Å²) in [6.07, 6.45) is 0.897. The largest absolute Gasteiger partial charge is 0.481 e. The number of carboxylic acid groups (broad SMARTS) is 1. The zero-order valence-corrected chi connectivity index (χ0v) is 12.2. The molecular weight excluding hydrogens is 299 g/mol. The minimum absolute atomic E-state index is 0.312. The second-order valence-electron chi connectivity index (χ2n) is 4.40. The van der Waals surface area contributed by atoms with Gasteiger partial charge in [-0.25, -0.2) is 17.5 Å². The third-order valence-electron chi connectivity index (χ3n) is 2.88. The van der Waals surface area contributed by atoms with Crippen LogP contribution in [0.25, 0.3) is 0 Å². The summed E-state index contributed by atoms with van der Waals surface area (Å²) in [5, 5.41) is 17.8. The van der Waals surface area contributed by atoms with Crippen LogP contribution in [-0.2, 0) is 14.8 Å². The number of benzene rings is 1. The van der Waals surface area contributed by atoms with E-state index in [4.69, 9.17) is 10.4 Å². The van der Waals surface area contributed by atoms with Crippen molar-refractivity contribution in [2.75, 3.05) is 6.54 Å². The summed E-state index contributed by atoms with van der Waals surface area (Å²) >= 11 is 0.